The molecule has 19 heavy (non-hydrogen) atoms. The van der Waals surface area contributed by atoms with E-state index in [1.807, 2.05) is 0 Å². The van der Waals surface area contributed by atoms with E-state index in [1.54, 1.807) is 4.57 Å². The first-order valence-corrected chi connectivity index (χ1v) is 6.08. The maximum atomic E-state index is 11.6. The summed E-state index contributed by atoms with van der Waals surface area (Å²) in [5, 5.41) is 18.1. The highest BCUT2D eigenvalue weighted by Gasteiger charge is 2.31. The van der Waals surface area contributed by atoms with Crippen molar-refractivity contribution in [1.29, 1.82) is 0 Å². The number of aliphatic hydroxyl groups is 1. The number of hydrogen-bond acceptors (Lipinski definition) is 5. The monoisotopic (exact) mass is 268 g/mol. The van der Waals surface area contributed by atoms with Crippen LogP contribution >= 0.6 is 0 Å². The summed E-state index contributed by atoms with van der Waals surface area (Å²) in [6, 6.07) is 0. The van der Waals surface area contributed by atoms with Crippen molar-refractivity contribution in [2.24, 2.45) is 5.92 Å². The molecule has 1 aliphatic rings. The number of rotatable bonds is 4. The number of fused-ring (bicyclic) bond motifs is 1. The quantitative estimate of drug-likeness (QED) is 0.736. The highest BCUT2D eigenvalue weighted by atomic mass is 16.5. The first kappa shape index (κ1) is 13.5. The molecule has 0 fully saturated rings. The average molecular weight is 268 g/mol. The van der Waals surface area contributed by atoms with Gasteiger partial charge >= 0.3 is 11.9 Å². The molecular weight excluding hydrogens is 252 g/mol. The second kappa shape index (κ2) is 5.40. The number of carbonyl (C=O) groups excluding carboxylic acids is 1. The normalized spacial score (nSPS) is 17.9. The predicted octanol–water partition coefficient (Wildman–Crippen LogP) is -0.148. The molecule has 0 aliphatic carbocycles. The van der Waals surface area contributed by atoms with E-state index in [0.29, 0.717) is 37.3 Å². The number of nitrogens with zero attached hydrogens (tertiary/aromatic N) is 2. The number of aromatic nitrogens is 2. The van der Waals surface area contributed by atoms with Gasteiger partial charge < -0.3 is 19.5 Å². The fraction of sp³-hybridized carbons (Fsp3) is 0.583. The zero-order valence-corrected chi connectivity index (χ0v) is 10.6. The second-order valence-corrected chi connectivity index (χ2v) is 4.47. The summed E-state index contributed by atoms with van der Waals surface area (Å²) in [5.41, 5.74) is 0.509. The molecule has 0 amide bonds. The van der Waals surface area contributed by atoms with Crippen LogP contribution in [0.4, 0.5) is 0 Å². The Hall–Kier alpha value is -1.89. The first-order valence-electron chi connectivity index (χ1n) is 6.08. The molecular formula is C12H16N2O5. The van der Waals surface area contributed by atoms with Gasteiger partial charge in [0.15, 0.2) is 5.69 Å². The molecule has 1 atom stereocenters. The number of aliphatic hydroxyl groups excluding tert-OH is 1. The lowest BCUT2D eigenvalue weighted by atomic mass is 9.95. The van der Waals surface area contributed by atoms with Gasteiger partial charge in [-0.2, -0.15) is 0 Å². The minimum atomic E-state index is -1.11. The van der Waals surface area contributed by atoms with Crippen molar-refractivity contribution in [2.45, 2.75) is 25.8 Å². The van der Waals surface area contributed by atoms with E-state index in [0.717, 1.165) is 0 Å². The van der Waals surface area contributed by atoms with Gasteiger partial charge in [0.1, 0.15) is 5.82 Å². The largest absolute Gasteiger partial charge is 0.476 e. The van der Waals surface area contributed by atoms with Crippen LogP contribution in [0.15, 0.2) is 0 Å². The molecule has 7 heteroatoms. The Morgan fingerprint density at radius 1 is 1.53 bits per heavy atom. The summed E-state index contributed by atoms with van der Waals surface area (Å²) in [6.45, 7) is 0.431. The van der Waals surface area contributed by atoms with Crippen molar-refractivity contribution in [3.05, 3.63) is 17.2 Å². The lowest BCUT2D eigenvalue weighted by molar-refractivity contribution is -0.146. The summed E-state index contributed by atoms with van der Waals surface area (Å²) in [6.07, 6.45) is 1.21. The van der Waals surface area contributed by atoms with E-state index < -0.39 is 5.97 Å². The van der Waals surface area contributed by atoms with E-state index in [-0.39, 0.29) is 24.2 Å². The van der Waals surface area contributed by atoms with E-state index in [9.17, 15) is 9.59 Å². The van der Waals surface area contributed by atoms with Gasteiger partial charge in [-0.3, -0.25) is 4.79 Å². The van der Waals surface area contributed by atoms with Crippen LogP contribution in [-0.2, 0) is 28.9 Å². The Morgan fingerprint density at radius 3 is 2.84 bits per heavy atom. The third kappa shape index (κ3) is 2.46. The third-order valence-electron chi connectivity index (χ3n) is 3.37. The maximum absolute atomic E-state index is 11.6. The SMILES string of the molecule is COC(=O)C1CCn2c(CCO)nc(C(=O)O)c2C1. The number of carboxylic acids is 1. The minimum absolute atomic E-state index is 0.0305. The fourth-order valence-electron chi connectivity index (χ4n) is 2.46. The molecule has 2 heterocycles. The lowest BCUT2D eigenvalue weighted by Crippen LogP contribution is -2.28. The number of hydrogen-bond donors (Lipinski definition) is 2. The van der Waals surface area contributed by atoms with Gasteiger partial charge in [0.25, 0.3) is 0 Å². The second-order valence-electron chi connectivity index (χ2n) is 4.47. The van der Waals surface area contributed by atoms with Crippen molar-refractivity contribution in [1.82, 2.24) is 9.55 Å². The lowest BCUT2D eigenvalue weighted by Gasteiger charge is -2.23. The van der Waals surface area contributed by atoms with E-state index in [1.165, 1.54) is 7.11 Å². The van der Waals surface area contributed by atoms with Crippen LogP contribution in [-0.4, -0.2) is 45.4 Å². The molecule has 0 radical (unpaired) electrons. The molecule has 7 nitrogen and oxygen atoms in total. The van der Waals surface area contributed by atoms with Crippen molar-refractivity contribution in [2.75, 3.05) is 13.7 Å². The maximum Gasteiger partial charge on any atom is 0.356 e. The number of methoxy groups -OCH3 is 1. The Kier molecular flexibility index (Phi) is 3.84. The highest BCUT2D eigenvalue weighted by molar-refractivity contribution is 5.87. The Labute approximate surface area is 109 Å². The van der Waals surface area contributed by atoms with Crippen LogP contribution in [0.25, 0.3) is 0 Å². The van der Waals surface area contributed by atoms with Crippen LogP contribution in [0.3, 0.4) is 0 Å². The van der Waals surface area contributed by atoms with Crippen molar-refractivity contribution in [3.8, 4) is 0 Å². The Bertz CT molecular complexity index is 508. The third-order valence-corrected chi connectivity index (χ3v) is 3.37. The zero-order chi connectivity index (χ0) is 14.0. The zero-order valence-electron chi connectivity index (χ0n) is 10.6. The minimum Gasteiger partial charge on any atom is -0.476 e. The van der Waals surface area contributed by atoms with Gasteiger partial charge in [0.05, 0.1) is 25.3 Å². The molecule has 0 bridgehead atoms. The predicted molar refractivity (Wildman–Crippen MR) is 63.8 cm³/mol. The Balaban J connectivity index is 2.36. The smallest absolute Gasteiger partial charge is 0.356 e. The number of imidazole rings is 1. The number of carbonyl (C=O) groups is 2. The molecule has 1 aliphatic heterocycles. The molecule has 0 spiro atoms. The molecule has 0 saturated carbocycles. The molecule has 104 valence electrons. The summed E-state index contributed by atoms with van der Waals surface area (Å²) >= 11 is 0. The molecule has 2 rings (SSSR count). The molecule has 1 aromatic heterocycles. The van der Waals surface area contributed by atoms with Gasteiger partial charge in [0, 0.05) is 19.4 Å². The topological polar surface area (TPSA) is 102 Å². The van der Waals surface area contributed by atoms with Crippen LogP contribution < -0.4 is 0 Å². The van der Waals surface area contributed by atoms with E-state index in [2.05, 4.69) is 4.98 Å². The van der Waals surface area contributed by atoms with Crippen LogP contribution in [0.1, 0.15) is 28.4 Å². The van der Waals surface area contributed by atoms with Crippen molar-refractivity contribution >= 4 is 11.9 Å². The van der Waals surface area contributed by atoms with Crippen LogP contribution in [0.2, 0.25) is 0 Å². The van der Waals surface area contributed by atoms with Gasteiger partial charge in [-0.15, -0.1) is 0 Å². The Morgan fingerprint density at radius 2 is 2.26 bits per heavy atom. The molecule has 0 saturated heterocycles. The van der Waals surface area contributed by atoms with Crippen molar-refractivity contribution < 1.29 is 24.5 Å². The number of carboxylic acid groups (broad SMARTS) is 1. The van der Waals surface area contributed by atoms with E-state index >= 15 is 0 Å². The fourth-order valence-corrected chi connectivity index (χ4v) is 2.46. The summed E-state index contributed by atoms with van der Waals surface area (Å²) < 4.78 is 6.49. The summed E-state index contributed by atoms with van der Waals surface area (Å²) in [5.74, 6) is -1.21. The number of aromatic carboxylic acids is 1. The molecule has 0 aromatic carbocycles. The molecule has 2 N–H and O–H groups in total. The average Bonchev–Trinajstić information content (AvgIpc) is 2.76. The molecule has 1 unspecified atom stereocenters. The van der Waals surface area contributed by atoms with Crippen LogP contribution in [0.5, 0.6) is 0 Å². The van der Waals surface area contributed by atoms with E-state index in [4.69, 9.17) is 14.9 Å². The number of esters is 1. The van der Waals surface area contributed by atoms with Gasteiger partial charge in [-0.05, 0) is 6.42 Å². The van der Waals surface area contributed by atoms with Gasteiger partial charge in [0.2, 0.25) is 0 Å². The standard InChI is InChI=1S/C12H16N2O5/c1-19-12(18)7-2-4-14-8(6-7)10(11(16)17)13-9(14)3-5-15/h7,15H,2-6H2,1H3,(H,16,17). The van der Waals surface area contributed by atoms with Crippen molar-refractivity contribution in [3.63, 3.8) is 0 Å². The van der Waals surface area contributed by atoms with Gasteiger partial charge in [-0.1, -0.05) is 0 Å². The molecule has 1 aromatic rings. The summed E-state index contributed by atoms with van der Waals surface area (Å²) in [4.78, 5) is 26.8. The van der Waals surface area contributed by atoms with Crippen LogP contribution in [0, 0.1) is 5.92 Å². The first-order chi connectivity index (χ1) is 9.08. The number of ether oxygens (including phenoxy) is 1. The summed E-state index contributed by atoms with van der Waals surface area (Å²) in [7, 11) is 1.32. The van der Waals surface area contributed by atoms with Gasteiger partial charge in [-0.25, -0.2) is 9.78 Å². The highest BCUT2D eigenvalue weighted by Crippen LogP contribution is 2.26.